The second-order valence-electron chi connectivity index (χ2n) is 7.32. The maximum absolute atomic E-state index is 13.5. The van der Waals surface area contributed by atoms with Gasteiger partial charge < -0.3 is 10.1 Å². The average Bonchev–Trinajstić information content (AvgIpc) is 2.90. The molecule has 0 spiro atoms. The smallest absolute Gasteiger partial charge is 0.337 e. The summed E-state index contributed by atoms with van der Waals surface area (Å²) in [6.45, 7) is 0.144. The second-order valence-corrected chi connectivity index (χ2v) is 7.32. The van der Waals surface area contributed by atoms with Gasteiger partial charge in [0.1, 0.15) is 6.04 Å². The molecule has 0 aliphatic carbocycles. The van der Waals surface area contributed by atoms with Crippen LogP contribution in [0.1, 0.15) is 27.5 Å². The normalized spacial score (nSPS) is 11.0. The van der Waals surface area contributed by atoms with Crippen LogP contribution in [0.5, 0.6) is 0 Å². The van der Waals surface area contributed by atoms with E-state index >= 15 is 0 Å². The van der Waals surface area contributed by atoms with Gasteiger partial charge in [-0.2, -0.15) is 0 Å². The second kappa shape index (κ2) is 11.2. The summed E-state index contributed by atoms with van der Waals surface area (Å²) in [4.78, 5) is 50.3. The third-order valence-electron chi connectivity index (χ3n) is 5.10. The fourth-order valence-electron chi connectivity index (χ4n) is 3.46. The van der Waals surface area contributed by atoms with Gasteiger partial charge >= 0.3 is 11.9 Å². The molecule has 176 valence electrons. The van der Waals surface area contributed by atoms with Crippen molar-refractivity contribution in [3.63, 3.8) is 0 Å². The molecule has 0 radical (unpaired) electrons. The number of rotatable bonds is 8. The molecule has 0 saturated carbocycles. The number of amides is 2. The molecule has 35 heavy (non-hydrogen) atoms. The minimum atomic E-state index is -1.37. The third kappa shape index (κ3) is 5.89. The van der Waals surface area contributed by atoms with Gasteiger partial charge in [0.2, 0.25) is 5.91 Å². The molecule has 1 unspecified atom stereocenters. The first-order valence-electron chi connectivity index (χ1n) is 10.4. The summed E-state index contributed by atoms with van der Waals surface area (Å²) in [7, 11) is 1.21. The molecule has 0 aliphatic rings. The van der Waals surface area contributed by atoms with Crippen LogP contribution in [-0.4, -0.2) is 29.8 Å². The molecule has 0 aliphatic heterocycles. The van der Waals surface area contributed by atoms with Crippen molar-refractivity contribution in [3.8, 4) is 12.3 Å². The molecule has 3 aromatic rings. The first-order valence-corrected chi connectivity index (χ1v) is 10.4. The summed E-state index contributed by atoms with van der Waals surface area (Å²) in [6.07, 6.45) is 5.42. The van der Waals surface area contributed by atoms with Crippen LogP contribution in [-0.2, 0) is 20.9 Å². The maximum atomic E-state index is 13.5. The standard InChI is InChI=1S/C26H21N3O6/c1-3-23(30)28(21-13-8-12-20(16-21)26(32)35-2)24(19-11-7-14-22(15-19)29(33)34)25(31)27-17-18-9-5-4-6-10-18/h1,4-16,24H,17H2,2H3,(H,27,31). The number of methoxy groups -OCH3 is 1. The van der Waals surface area contributed by atoms with Crippen LogP contribution >= 0.6 is 0 Å². The van der Waals surface area contributed by atoms with Crippen molar-refractivity contribution < 1.29 is 24.0 Å². The number of carbonyl (C=O) groups excluding carboxylic acids is 3. The van der Waals surface area contributed by atoms with Crippen molar-refractivity contribution >= 4 is 29.2 Å². The number of anilines is 1. The van der Waals surface area contributed by atoms with Crippen LogP contribution < -0.4 is 10.2 Å². The molecule has 3 rings (SSSR count). The van der Waals surface area contributed by atoms with Gasteiger partial charge in [-0.15, -0.1) is 6.42 Å². The van der Waals surface area contributed by atoms with E-state index in [2.05, 4.69) is 5.32 Å². The largest absolute Gasteiger partial charge is 0.465 e. The van der Waals surface area contributed by atoms with E-state index in [1.54, 1.807) is 0 Å². The number of carbonyl (C=O) groups is 3. The Labute approximate surface area is 201 Å². The van der Waals surface area contributed by atoms with Gasteiger partial charge in [0, 0.05) is 24.4 Å². The highest BCUT2D eigenvalue weighted by atomic mass is 16.6. The summed E-state index contributed by atoms with van der Waals surface area (Å²) in [5.74, 6) is -0.153. The third-order valence-corrected chi connectivity index (χ3v) is 5.10. The Bertz CT molecular complexity index is 1300. The Balaban J connectivity index is 2.11. The lowest BCUT2D eigenvalue weighted by Crippen LogP contribution is -2.43. The van der Waals surface area contributed by atoms with Crippen molar-refractivity contribution in [2.45, 2.75) is 12.6 Å². The van der Waals surface area contributed by atoms with Crippen molar-refractivity contribution in [2.75, 3.05) is 12.0 Å². The van der Waals surface area contributed by atoms with Crippen molar-refractivity contribution in [1.82, 2.24) is 5.32 Å². The molecule has 3 aromatic carbocycles. The van der Waals surface area contributed by atoms with E-state index in [9.17, 15) is 24.5 Å². The zero-order valence-electron chi connectivity index (χ0n) is 18.7. The first kappa shape index (κ1) is 24.7. The van der Waals surface area contributed by atoms with Crippen molar-refractivity contribution in [3.05, 3.63) is 106 Å². The van der Waals surface area contributed by atoms with Gasteiger partial charge in [0.25, 0.3) is 5.69 Å². The molecule has 0 bridgehead atoms. The van der Waals surface area contributed by atoms with Gasteiger partial charge in [0.05, 0.1) is 17.6 Å². The maximum Gasteiger partial charge on any atom is 0.337 e. The molecule has 1 atom stereocenters. The van der Waals surface area contributed by atoms with Gasteiger partial charge in [-0.1, -0.05) is 48.5 Å². The average molecular weight is 471 g/mol. The molecule has 0 heterocycles. The van der Waals surface area contributed by atoms with Gasteiger partial charge in [-0.05, 0) is 35.2 Å². The quantitative estimate of drug-likeness (QED) is 0.233. The lowest BCUT2D eigenvalue weighted by Gasteiger charge is -2.30. The zero-order valence-corrected chi connectivity index (χ0v) is 18.7. The summed E-state index contributed by atoms with van der Waals surface area (Å²) in [5.41, 5.74) is 0.974. The van der Waals surface area contributed by atoms with E-state index in [0.717, 1.165) is 10.5 Å². The molecular formula is C26H21N3O6. The number of benzene rings is 3. The summed E-state index contributed by atoms with van der Waals surface area (Å²) >= 11 is 0. The van der Waals surface area contributed by atoms with E-state index in [4.69, 9.17) is 11.2 Å². The molecule has 9 nitrogen and oxygen atoms in total. The topological polar surface area (TPSA) is 119 Å². The van der Waals surface area contributed by atoms with Crippen LogP contribution in [0.15, 0.2) is 78.9 Å². The number of non-ortho nitro benzene ring substituents is 1. The molecule has 0 aromatic heterocycles. The van der Waals surface area contributed by atoms with E-state index < -0.39 is 28.7 Å². The Hall–Kier alpha value is -4.97. The molecule has 1 N–H and O–H groups in total. The Kier molecular flexibility index (Phi) is 7.93. The lowest BCUT2D eigenvalue weighted by atomic mass is 10.0. The molecular weight excluding hydrogens is 450 g/mol. The highest BCUT2D eigenvalue weighted by Gasteiger charge is 2.33. The first-order chi connectivity index (χ1) is 16.8. The minimum absolute atomic E-state index is 0.127. The number of ether oxygens (including phenoxy) is 1. The number of hydrogen-bond acceptors (Lipinski definition) is 6. The van der Waals surface area contributed by atoms with Crippen LogP contribution in [0.25, 0.3) is 0 Å². The fourth-order valence-corrected chi connectivity index (χ4v) is 3.46. The van der Waals surface area contributed by atoms with Gasteiger partial charge in [0.15, 0.2) is 0 Å². The van der Waals surface area contributed by atoms with Crippen molar-refractivity contribution in [2.24, 2.45) is 0 Å². The van der Waals surface area contributed by atoms with Crippen LogP contribution in [0, 0.1) is 22.5 Å². The van der Waals surface area contributed by atoms with Crippen molar-refractivity contribution in [1.29, 1.82) is 0 Å². The monoisotopic (exact) mass is 471 g/mol. The van der Waals surface area contributed by atoms with E-state index in [0.29, 0.717) is 0 Å². The number of nitrogens with zero attached hydrogens (tertiary/aromatic N) is 2. The van der Waals surface area contributed by atoms with E-state index in [1.807, 2.05) is 36.3 Å². The lowest BCUT2D eigenvalue weighted by molar-refractivity contribution is -0.384. The predicted octanol–water partition coefficient (Wildman–Crippen LogP) is 3.41. The summed E-state index contributed by atoms with van der Waals surface area (Å²) in [6, 6.07) is 18.9. The van der Waals surface area contributed by atoms with E-state index in [1.165, 1.54) is 55.6 Å². The Morgan fingerprint density at radius 2 is 1.77 bits per heavy atom. The van der Waals surface area contributed by atoms with Crippen LogP contribution in [0.4, 0.5) is 11.4 Å². The summed E-state index contributed by atoms with van der Waals surface area (Å²) < 4.78 is 4.74. The summed E-state index contributed by atoms with van der Waals surface area (Å²) in [5, 5.41) is 14.1. The van der Waals surface area contributed by atoms with Gasteiger partial charge in [-0.25, -0.2) is 4.79 Å². The SMILES string of the molecule is C#CC(=O)N(c1cccc(C(=O)OC)c1)C(C(=O)NCc1ccccc1)c1cccc([N+](=O)[O-])c1. The molecule has 0 saturated heterocycles. The number of nitro groups is 1. The molecule has 2 amide bonds. The minimum Gasteiger partial charge on any atom is -0.465 e. The number of nitro benzene ring substituents is 1. The Morgan fingerprint density at radius 3 is 2.43 bits per heavy atom. The number of terminal acetylenes is 1. The Morgan fingerprint density at radius 1 is 1.06 bits per heavy atom. The predicted molar refractivity (Wildman–Crippen MR) is 128 cm³/mol. The number of hydrogen-bond donors (Lipinski definition) is 1. The zero-order chi connectivity index (χ0) is 25.4. The number of esters is 1. The highest BCUT2D eigenvalue weighted by molar-refractivity contribution is 6.10. The van der Waals surface area contributed by atoms with Crippen LogP contribution in [0.3, 0.4) is 0 Å². The van der Waals surface area contributed by atoms with E-state index in [-0.39, 0.29) is 29.0 Å². The molecule has 9 heteroatoms. The fraction of sp³-hybridized carbons (Fsp3) is 0.115. The molecule has 0 fully saturated rings. The number of nitrogens with one attached hydrogen (secondary N) is 1. The van der Waals surface area contributed by atoms with Gasteiger partial charge in [-0.3, -0.25) is 24.6 Å². The van der Waals surface area contributed by atoms with Crippen LogP contribution in [0.2, 0.25) is 0 Å². The highest BCUT2D eigenvalue weighted by Crippen LogP contribution is 2.31.